The van der Waals surface area contributed by atoms with Crippen LogP contribution in [-0.4, -0.2) is 25.2 Å². The number of Topliss-reactive ketones (excluding diaryl/α,β-unsaturated/α-hetero) is 1. The molecule has 0 radical (unpaired) electrons. The molecule has 0 amide bonds. The van der Waals surface area contributed by atoms with Gasteiger partial charge in [0.25, 0.3) is 0 Å². The third-order valence-electron chi connectivity index (χ3n) is 4.57. The van der Waals surface area contributed by atoms with Crippen molar-refractivity contribution in [2.45, 2.75) is 25.7 Å². The average Bonchev–Trinajstić information content (AvgIpc) is 3.27. The highest BCUT2D eigenvalue weighted by atomic mass is 16.7. The van der Waals surface area contributed by atoms with Gasteiger partial charge in [-0.1, -0.05) is 18.2 Å². The fraction of sp³-hybridized carbons (Fsp3) is 0.300. The molecule has 0 bridgehead atoms. The normalized spacial score (nSPS) is 14.2. The van der Waals surface area contributed by atoms with Gasteiger partial charge >= 0.3 is 5.97 Å². The number of carbonyl (C=O) groups excluding carboxylic acids is 2. The molecule has 2 aromatic carbocycles. The van der Waals surface area contributed by atoms with Crippen molar-refractivity contribution in [3.05, 3.63) is 58.7 Å². The van der Waals surface area contributed by atoms with E-state index >= 15 is 0 Å². The fourth-order valence-corrected chi connectivity index (χ4v) is 3.25. The molecule has 0 spiro atoms. The van der Waals surface area contributed by atoms with E-state index in [1.165, 1.54) is 17.5 Å². The third kappa shape index (κ3) is 3.36. The van der Waals surface area contributed by atoms with Gasteiger partial charge in [-0.2, -0.15) is 0 Å². The Morgan fingerprint density at radius 3 is 2.72 bits per heavy atom. The Hall–Kier alpha value is -2.82. The summed E-state index contributed by atoms with van der Waals surface area (Å²) in [6, 6.07) is 11.1. The number of rotatable bonds is 5. The van der Waals surface area contributed by atoms with E-state index in [9.17, 15) is 9.59 Å². The van der Waals surface area contributed by atoms with Crippen LogP contribution in [0.1, 0.15) is 33.5 Å². The van der Waals surface area contributed by atoms with Gasteiger partial charge in [-0.25, -0.2) is 0 Å². The number of hydrogen-bond donors (Lipinski definition) is 0. The second-order valence-electron chi connectivity index (χ2n) is 6.29. The Morgan fingerprint density at radius 2 is 1.80 bits per heavy atom. The number of ketones is 1. The van der Waals surface area contributed by atoms with E-state index in [0.717, 1.165) is 18.4 Å². The van der Waals surface area contributed by atoms with E-state index in [1.54, 1.807) is 18.2 Å². The monoisotopic (exact) mass is 338 g/mol. The summed E-state index contributed by atoms with van der Waals surface area (Å²) in [7, 11) is 0. The zero-order valence-corrected chi connectivity index (χ0v) is 13.7. The van der Waals surface area contributed by atoms with Gasteiger partial charge in [0.1, 0.15) is 0 Å². The van der Waals surface area contributed by atoms with Crippen LogP contribution in [0.25, 0.3) is 0 Å². The van der Waals surface area contributed by atoms with Crippen LogP contribution in [0.2, 0.25) is 0 Å². The number of ether oxygens (including phenoxy) is 3. The van der Waals surface area contributed by atoms with Crippen molar-refractivity contribution in [3.63, 3.8) is 0 Å². The Kier molecular flexibility index (Phi) is 4.14. The first-order valence-corrected chi connectivity index (χ1v) is 8.38. The Balaban J connectivity index is 1.33. The molecule has 2 aromatic rings. The second kappa shape index (κ2) is 6.59. The number of carbonyl (C=O) groups is 2. The molecule has 0 saturated heterocycles. The first kappa shape index (κ1) is 15.7. The lowest BCUT2D eigenvalue weighted by Crippen LogP contribution is -2.15. The predicted molar refractivity (Wildman–Crippen MR) is 90.0 cm³/mol. The Labute approximate surface area is 145 Å². The zero-order valence-electron chi connectivity index (χ0n) is 13.7. The van der Waals surface area contributed by atoms with Crippen LogP contribution < -0.4 is 9.47 Å². The minimum atomic E-state index is -0.396. The number of benzene rings is 2. The molecule has 0 unspecified atom stereocenters. The molecule has 0 atom stereocenters. The van der Waals surface area contributed by atoms with Crippen molar-refractivity contribution in [2.75, 3.05) is 13.4 Å². The lowest BCUT2D eigenvalue weighted by atomic mass is 10.0. The molecule has 0 aromatic heterocycles. The van der Waals surface area contributed by atoms with Crippen molar-refractivity contribution < 1.29 is 23.8 Å². The van der Waals surface area contributed by atoms with Crippen LogP contribution in [0.4, 0.5) is 0 Å². The quantitative estimate of drug-likeness (QED) is 0.620. The van der Waals surface area contributed by atoms with Gasteiger partial charge in [0.05, 0.1) is 6.42 Å². The summed E-state index contributed by atoms with van der Waals surface area (Å²) in [6.45, 7) is -0.119. The van der Waals surface area contributed by atoms with Crippen molar-refractivity contribution in [3.8, 4) is 11.5 Å². The molecule has 1 heterocycles. The highest BCUT2D eigenvalue weighted by molar-refractivity contribution is 5.98. The summed E-state index contributed by atoms with van der Waals surface area (Å²) >= 11 is 0. The van der Waals surface area contributed by atoms with Gasteiger partial charge in [-0.05, 0) is 54.2 Å². The van der Waals surface area contributed by atoms with E-state index in [4.69, 9.17) is 14.2 Å². The number of esters is 1. The molecular formula is C20H18O5. The number of hydrogen-bond acceptors (Lipinski definition) is 5. The standard InChI is InChI=1S/C20H18O5/c21-17(16-6-7-18-19(10-16)25-12-24-18)11-23-20(22)9-13-4-5-14-2-1-3-15(14)8-13/h4-8,10H,1-3,9,11-12H2. The lowest BCUT2D eigenvalue weighted by Gasteiger charge is -2.07. The van der Waals surface area contributed by atoms with E-state index in [2.05, 4.69) is 12.1 Å². The number of fused-ring (bicyclic) bond motifs is 2. The van der Waals surface area contributed by atoms with Crippen LogP contribution in [-0.2, 0) is 28.8 Å². The highest BCUT2D eigenvalue weighted by Gasteiger charge is 2.18. The van der Waals surface area contributed by atoms with Gasteiger partial charge in [0.2, 0.25) is 6.79 Å². The summed E-state index contributed by atoms with van der Waals surface area (Å²) in [6.07, 6.45) is 3.54. The van der Waals surface area contributed by atoms with Gasteiger partial charge in [-0.3, -0.25) is 9.59 Å². The third-order valence-corrected chi connectivity index (χ3v) is 4.57. The number of aryl methyl sites for hydroxylation is 2. The van der Waals surface area contributed by atoms with Gasteiger partial charge in [0, 0.05) is 5.56 Å². The largest absolute Gasteiger partial charge is 0.457 e. The maximum absolute atomic E-state index is 12.2. The smallest absolute Gasteiger partial charge is 0.310 e. The summed E-state index contributed by atoms with van der Waals surface area (Å²) < 4.78 is 15.6. The zero-order chi connectivity index (χ0) is 17.2. The fourth-order valence-electron chi connectivity index (χ4n) is 3.25. The van der Waals surface area contributed by atoms with E-state index < -0.39 is 5.97 Å². The first-order chi connectivity index (χ1) is 12.2. The molecule has 1 aliphatic heterocycles. The molecule has 0 saturated carbocycles. The molecule has 5 heteroatoms. The summed E-state index contributed by atoms with van der Waals surface area (Å²) in [5, 5.41) is 0. The predicted octanol–water partition coefficient (Wildman–Crippen LogP) is 2.87. The maximum Gasteiger partial charge on any atom is 0.310 e. The van der Waals surface area contributed by atoms with Gasteiger partial charge in [-0.15, -0.1) is 0 Å². The SMILES string of the molecule is O=C(Cc1ccc2c(c1)CCC2)OCC(=O)c1ccc2c(c1)OCO2. The summed E-state index contributed by atoms with van der Waals surface area (Å²) in [5.74, 6) is 0.494. The molecule has 0 N–H and O–H groups in total. The van der Waals surface area contributed by atoms with Crippen LogP contribution in [0.15, 0.2) is 36.4 Å². The molecular weight excluding hydrogens is 320 g/mol. The molecule has 2 aliphatic rings. The molecule has 128 valence electrons. The lowest BCUT2D eigenvalue weighted by molar-refractivity contribution is -0.141. The molecule has 25 heavy (non-hydrogen) atoms. The Morgan fingerprint density at radius 1 is 0.960 bits per heavy atom. The van der Waals surface area contributed by atoms with Gasteiger partial charge < -0.3 is 14.2 Å². The topological polar surface area (TPSA) is 61.8 Å². The highest BCUT2D eigenvalue weighted by Crippen LogP contribution is 2.32. The van der Waals surface area contributed by atoms with Crippen LogP contribution in [0.5, 0.6) is 11.5 Å². The second-order valence-corrected chi connectivity index (χ2v) is 6.29. The van der Waals surface area contributed by atoms with Crippen molar-refractivity contribution in [1.29, 1.82) is 0 Å². The van der Waals surface area contributed by atoms with Crippen molar-refractivity contribution >= 4 is 11.8 Å². The summed E-state index contributed by atoms with van der Waals surface area (Å²) in [4.78, 5) is 24.2. The van der Waals surface area contributed by atoms with Crippen LogP contribution >= 0.6 is 0 Å². The van der Waals surface area contributed by atoms with E-state index in [-0.39, 0.29) is 25.6 Å². The van der Waals surface area contributed by atoms with E-state index in [1.807, 2.05) is 6.07 Å². The molecule has 4 rings (SSSR count). The minimum absolute atomic E-state index is 0.155. The first-order valence-electron chi connectivity index (χ1n) is 8.38. The molecule has 1 aliphatic carbocycles. The molecule has 5 nitrogen and oxygen atoms in total. The van der Waals surface area contributed by atoms with Crippen LogP contribution in [0, 0.1) is 0 Å². The summed E-state index contributed by atoms with van der Waals surface area (Å²) in [5.41, 5.74) is 4.06. The maximum atomic E-state index is 12.2. The Bertz CT molecular complexity index is 840. The van der Waals surface area contributed by atoms with Crippen LogP contribution in [0.3, 0.4) is 0 Å². The van der Waals surface area contributed by atoms with Crippen molar-refractivity contribution in [1.82, 2.24) is 0 Å². The van der Waals surface area contributed by atoms with Gasteiger partial charge in [0.15, 0.2) is 23.9 Å². The van der Waals surface area contributed by atoms with E-state index in [0.29, 0.717) is 17.1 Å². The molecule has 0 fully saturated rings. The van der Waals surface area contributed by atoms with Crippen molar-refractivity contribution in [2.24, 2.45) is 0 Å². The average molecular weight is 338 g/mol. The minimum Gasteiger partial charge on any atom is -0.457 e.